The Balaban J connectivity index is 3.00. The predicted molar refractivity (Wildman–Crippen MR) is 118 cm³/mol. The van der Waals surface area contributed by atoms with Gasteiger partial charge >= 0.3 is 11.6 Å². The Labute approximate surface area is 181 Å². The van der Waals surface area contributed by atoms with Crippen LogP contribution in [0.15, 0.2) is 26.9 Å². The molecule has 31 heavy (non-hydrogen) atoms. The average Bonchev–Trinajstić information content (AvgIpc) is 2.64. The Morgan fingerprint density at radius 1 is 1.16 bits per heavy atom. The molecule has 0 fully saturated rings. The van der Waals surface area contributed by atoms with Crippen LogP contribution in [0.1, 0.15) is 82.0 Å². The highest BCUT2D eigenvalue weighted by Crippen LogP contribution is 2.44. The summed E-state index contributed by atoms with van der Waals surface area (Å²) in [6, 6.07) is 1.15. The molecule has 7 heteroatoms. The highest BCUT2D eigenvalue weighted by Gasteiger charge is 2.29. The van der Waals surface area contributed by atoms with E-state index in [-0.39, 0.29) is 52.2 Å². The van der Waals surface area contributed by atoms with Crippen molar-refractivity contribution < 1.29 is 29.0 Å². The number of esters is 1. The number of ether oxygens (including phenoxy) is 1. The molecule has 1 heterocycles. The van der Waals surface area contributed by atoms with Crippen LogP contribution in [0, 0.1) is 5.92 Å². The van der Waals surface area contributed by atoms with Crippen LogP contribution in [0.4, 0.5) is 0 Å². The van der Waals surface area contributed by atoms with E-state index in [1.54, 1.807) is 13.0 Å². The van der Waals surface area contributed by atoms with Gasteiger partial charge in [0, 0.05) is 30.5 Å². The number of ketones is 1. The van der Waals surface area contributed by atoms with Crippen molar-refractivity contribution in [3.63, 3.8) is 0 Å². The van der Waals surface area contributed by atoms with Crippen molar-refractivity contribution in [1.29, 1.82) is 0 Å². The molecule has 0 aliphatic carbocycles. The van der Waals surface area contributed by atoms with Crippen molar-refractivity contribution in [3.05, 3.63) is 44.8 Å². The lowest BCUT2D eigenvalue weighted by molar-refractivity contribution is -0.146. The molecule has 0 spiro atoms. The minimum atomic E-state index is -0.830. The maximum absolute atomic E-state index is 13.0. The monoisotopic (exact) mass is 430 g/mol. The number of carbonyl (C=O) groups is 2. The number of hydrogen-bond donors (Lipinski definition) is 2. The third-order valence-corrected chi connectivity index (χ3v) is 4.88. The summed E-state index contributed by atoms with van der Waals surface area (Å²) >= 11 is 0. The quantitative estimate of drug-likeness (QED) is 0.263. The number of aromatic hydroxyl groups is 2. The van der Waals surface area contributed by atoms with E-state index in [4.69, 9.17) is 9.15 Å². The van der Waals surface area contributed by atoms with Crippen LogP contribution in [0.25, 0.3) is 11.0 Å². The maximum atomic E-state index is 13.0. The zero-order valence-corrected chi connectivity index (χ0v) is 18.9. The van der Waals surface area contributed by atoms with Crippen LogP contribution in [0.5, 0.6) is 11.5 Å². The molecule has 2 rings (SSSR count). The normalized spacial score (nSPS) is 12.1. The average molecular weight is 430 g/mol. The topological polar surface area (TPSA) is 114 Å². The Morgan fingerprint density at radius 2 is 1.81 bits per heavy atom. The van der Waals surface area contributed by atoms with Gasteiger partial charge in [-0.3, -0.25) is 9.59 Å². The van der Waals surface area contributed by atoms with Crippen molar-refractivity contribution in [3.8, 4) is 11.5 Å². The molecule has 168 valence electrons. The first-order valence-electron chi connectivity index (χ1n) is 10.4. The van der Waals surface area contributed by atoms with E-state index in [0.717, 1.165) is 11.6 Å². The van der Waals surface area contributed by atoms with Crippen molar-refractivity contribution >= 4 is 22.7 Å². The molecule has 0 aliphatic rings. The summed E-state index contributed by atoms with van der Waals surface area (Å²) in [4.78, 5) is 37.0. The number of rotatable bonds is 8. The molecule has 0 radical (unpaired) electrons. The lowest BCUT2D eigenvalue weighted by Gasteiger charge is -2.20. The Kier molecular flexibility index (Phi) is 7.65. The summed E-state index contributed by atoms with van der Waals surface area (Å²) in [6.07, 6.45) is 1.59. The maximum Gasteiger partial charge on any atom is 0.336 e. The number of benzene rings is 1. The van der Waals surface area contributed by atoms with E-state index >= 15 is 0 Å². The molecule has 2 N–H and O–H groups in total. The van der Waals surface area contributed by atoms with Gasteiger partial charge in [-0.05, 0) is 32.6 Å². The fraction of sp³-hybridized carbons (Fsp3) is 0.458. The molecule has 0 amide bonds. The van der Waals surface area contributed by atoms with Gasteiger partial charge in [-0.1, -0.05) is 32.4 Å². The van der Waals surface area contributed by atoms with Crippen molar-refractivity contribution in [1.82, 2.24) is 0 Å². The minimum absolute atomic E-state index is 0.00340. The van der Waals surface area contributed by atoms with Crippen LogP contribution in [-0.2, 0) is 16.0 Å². The van der Waals surface area contributed by atoms with Gasteiger partial charge in [0.25, 0.3) is 0 Å². The van der Waals surface area contributed by atoms with E-state index in [1.807, 2.05) is 27.7 Å². The first-order chi connectivity index (χ1) is 14.5. The molecule has 1 aromatic heterocycles. The van der Waals surface area contributed by atoms with E-state index < -0.39 is 29.2 Å². The second kappa shape index (κ2) is 9.81. The molecule has 0 saturated carbocycles. The molecule has 2 aromatic rings. The van der Waals surface area contributed by atoms with Gasteiger partial charge in [0.2, 0.25) is 0 Å². The number of Topliss-reactive ketones (excluding diaryl/α,β-unsaturated/α-hetero) is 1. The van der Waals surface area contributed by atoms with E-state index in [9.17, 15) is 24.6 Å². The number of phenolic OH excluding ortho intramolecular Hbond substituents is 2. The second-order valence-electron chi connectivity index (χ2n) is 8.29. The van der Waals surface area contributed by atoms with E-state index in [1.165, 1.54) is 6.92 Å². The summed E-state index contributed by atoms with van der Waals surface area (Å²) < 4.78 is 10.7. The highest BCUT2D eigenvalue weighted by molar-refractivity contribution is 6.11. The smallest absolute Gasteiger partial charge is 0.336 e. The van der Waals surface area contributed by atoms with Crippen LogP contribution in [0.3, 0.4) is 0 Å². The van der Waals surface area contributed by atoms with E-state index in [2.05, 4.69) is 0 Å². The van der Waals surface area contributed by atoms with Gasteiger partial charge in [-0.2, -0.15) is 0 Å². The number of phenols is 2. The number of fused-ring (bicyclic) bond motifs is 1. The number of carbonyl (C=O) groups excluding carboxylic acids is 2. The third-order valence-electron chi connectivity index (χ3n) is 4.88. The van der Waals surface area contributed by atoms with Gasteiger partial charge in [-0.15, -0.1) is 0 Å². The first kappa shape index (κ1) is 24.2. The van der Waals surface area contributed by atoms with Crippen LogP contribution < -0.4 is 5.63 Å². The number of allylic oxidation sites excluding steroid dienone is 2. The summed E-state index contributed by atoms with van der Waals surface area (Å²) in [5.41, 5.74) is 0.222. The van der Waals surface area contributed by atoms with Gasteiger partial charge < -0.3 is 19.4 Å². The van der Waals surface area contributed by atoms with Crippen molar-refractivity contribution in [2.24, 2.45) is 5.92 Å². The summed E-state index contributed by atoms with van der Waals surface area (Å²) in [7, 11) is 0. The summed E-state index contributed by atoms with van der Waals surface area (Å²) in [6.45, 7) is 10.5. The molecule has 0 aliphatic heterocycles. The molecule has 0 saturated heterocycles. The predicted octanol–water partition coefficient (Wildman–Crippen LogP) is 4.96. The van der Waals surface area contributed by atoms with Crippen LogP contribution in [-0.4, -0.2) is 22.0 Å². The molecular weight excluding hydrogens is 400 g/mol. The Hall–Kier alpha value is -3.09. The summed E-state index contributed by atoms with van der Waals surface area (Å²) in [5.74, 6) is -1.68. The molecule has 0 bridgehead atoms. The molecule has 1 aromatic carbocycles. The van der Waals surface area contributed by atoms with E-state index in [0.29, 0.717) is 6.42 Å². The third kappa shape index (κ3) is 5.34. The lowest BCUT2D eigenvalue weighted by atomic mass is 9.91. The molecular formula is C24H30O7. The Morgan fingerprint density at radius 3 is 2.32 bits per heavy atom. The van der Waals surface area contributed by atoms with Crippen molar-refractivity contribution in [2.75, 3.05) is 0 Å². The zero-order chi connectivity index (χ0) is 23.5. The minimum Gasteiger partial charge on any atom is -0.507 e. The lowest BCUT2D eigenvalue weighted by Crippen LogP contribution is -2.14. The fourth-order valence-corrected chi connectivity index (χ4v) is 3.51. The van der Waals surface area contributed by atoms with Gasteiger partial charge in [-0.25, -0.2) is 4.79 Å². The second-order valence-corrected chi connectivity index (χ2v) is 8.29. The molecule has 7 nitrogen and oxygen atoms in total. The first-order valence-corrected chi connectivity index (χ1v) is 10.4. The van der Waals surface area contributed by atoms with Gasteiger partial charge in [0.05, 0.1) is 5.39 Å². The van der Waals surface area contributed by atoms with Crippen LogP contribution in [0.2, 0.25) is 0 Å². The van der Waals surface area contributed by atoms with Crippen LogP contribution >= 0.6 is 0 Å². The fourth-order valence-electron chi connectivity index (χ4n) is 3.51. The zero-order valence-electron chi connectivity index (χ0n) is 18.9. The van der Waals surface area contributed by atoms with Gasteiger partial charge in [0.1, 0.15) is 23.2 Å². The largest absolute Gasteiger partial charge is 0.507 e. The molecule has 1 atom stereocenters. The Bertz CT molecular complexity index is 1090. The van der Waals surface area contributed by atoms with Gasteiger partial charge in [0.15, 0.2) is 11.4 Å². The standard InChI is InChI=1S/C24H30O7/c1-7-18(30-14(6)25)16-11-19(27)31-24-20(16)22(28)15(9-8-12(2)3)23(29)21(24)17(26)10-13(4)5/h8,11,13,18,28-29H,7,9-10H2,1-6H3/t18-/m0/s1. The van der Waals surface area contributed by atoms with Crippen molar-refractivity contribution in [2.45, 2.75) is 66.9 Å². The summed E-state index contributed by atoms with van der Waals surface area (Å²) in [5, 5.41) is 22.1. The molecule has 0 unspecified atom stereocenters. The SMILES string of the molecule is CC[C@H](OC(C)=O)c1cc(=O)oc2c(C(=O)CC(C)C)c(O)c(CC=C(C)C)c(O)c12. The highest BCUT2D eigenvalue weighted by atomic mass is 16.5. The number of hydrogen-bond acceptors (Lipinski definition) is 7.